The molecule has 0 heterocycles. The van der Waals surface area contributed by atoms with Crippen molar-refractivity contribution in [2.75, 3.05) is 11.5 Å². The van der Waals surface area contributed by atoms with Crippen molar-refractivity contribution in [2.45, 2.75) is 52.1 Å². The first kappa shape index (κ1) is 25.6. The van der Waals surface area contributed by atoms with E-state index in [2.05, 4.69) is 0 Å². The predicted molar refractivity (Wildman–Crippen MR) is 98.4 cm³/mol. The summed E-state index contributed by atoms with van der Waals surface area (Å²) < 4.78 is 20.7. The first-order valence-corrected chi connectivity index (χ1v) is 9.80. The van der Waals surface area contributed by atoms with Gasteiger partial charge in [0.25, 0.3) is 0 Å². The van der Waals surface area contributed by atoms with Crippen molar-refractivity contribution in [3.8, 4) is 10.8 Å². The number of ether oxygens (including phenoxy) is 4. The minimum atomic E-state index is -1.38. The van der Waals surface area contributed by atoms with Crippen molar-refractivity contribution in [3.05, 3.63) is 0 Å². The van der Waals surface area contributed by atoms with Crippen molar-refractivity contribution in [1.82, 2.24) is 0 Å². The van der Waals surface area contributed by atoms with Crippen LogP contribution >= 0.6 is 23.5 Å². The Labute approximate surface area is 170 Å². The summed E-state index contributed by atoms with van der Waals surface area (Å²) in [5.41, 5.74) is 0. The number of hydrogen-bond donors (Lipinski definition) is 0. The van der Waals surface area contributed by atoms with E-state index in [9.17, 15) is 19.2 Å². The molecular formula is C16H20N2O8S2. The molecule has 0 fully saturated rings. The topological polar surface area (TPSA) is 153 Å². The van der Waals surface area contributed by atoms with Crippen LogP contribution in [0.15, 0.2) is 0 Å². The first-order chi connectivity index (χ1) is 13.1. The van der Waals surface area contributed by atoms with Crippen LogP contribution in [0.2, 0.25) is 0 Å². The quantitative estimate of drug-likeness (QED) is 0.261. The zero-order valence-electron chi connectivity index (χ0n) is 15.7. The van der Waals surface area contributed by atoms with Gasteiger partial charge in [-0.25, -0.2) is 0 Å². The van der Waals surface area contributed by atoms with Crippen molar-refractivity contribution in [1.29, 1.82) is 10.5 Å². The van der Waals surface area contributed by atoms with Gasteiger partial charge in [0.15, 0.2) is 24.4 Å². The summed E-state index contributed by atoms with van der Waals surface area (Å²) in [5, 5.41) is 21.2. The number of nitrogens with zero attached hydrogens (tertiary/aromatic N) is 2. The molecule has 12 heteroatoms. The molecule has 0 rings (SSSR count). The Bertz CT molecular complexity index is 602. The average Bonchev–Trinajstić information content (AvgIpc) is 2.57. The highest BCUT2D eigenvalue weighted by Gasteiger charge is 2.43. The first-order valence-electron chi connectivity index (χ1n) is 7.83. The minimum Gasteiger partial charge on any atom is -0.458 e. The Morgan fingerprint density at radius 3 is 1.18 bits per heavy atom. The molecule has 0 amide bonds. The van der Waals surface area contributed by atoms with Crippen LogP contribution < -0.4 is 0 Å². The highest BCUT2D eigenvalue weighted by Crippen LogP contribution is 2.23. The fourth-order valence-electron chi connectivity index (χ4n) is 2.15. The van der Waals surface area contributed by atoms with Crippen LogP contribution in [0, 0.1) is 21.3 Å². The fourth-order valence-corrected chi connectivity index (χ4v) is 3.14. The van der Waals surface area contributed by atoms with Crippen molar-refractivity contribution >= 4 is 47.4 Å². The molecule has 0 aliphatic carbocycles. The third-order valence-electron chi connectivity index (χ3n) is 2.92. The summed E-state index contributed by atoms with van der Waals surface area (Å²) in [5.74, 6) is -3.23. The van der Waals surface area contributed by atoms with Gasteiger partial charge >= 0.3 is 23.9 Å². The van der Waals surface area contributed by atoms with Crippen LogP contribution in [0.1, 0.15) is 27.7 Å². The van der Waals surface area contributed by atoms with E-state index < -0.39 is 48.3 Å². The normalized spacial score (nSPS) is 14.2. The van der Waals surface area contributed by atoms with Gasteiger partial charge in [-0.3, -0.25) is 19.2 Å². The standard InChI is InChI=1S/C16H20N2O8S2/c1-9(19)23-13(5-27-7-17)15(25-11(3)21)16(26-12(4)22)14(6-28-8-18)24-10(2)20/h13-16H,5-6H2,1-4H3/t13-,14-,15-,16-/m1/s1. The van der Waals surface area contributed by atoms with Crippen LogP contribution in [0.25, 0.3) is 0 Å². The predicted octanol–water partition coefficient (Wildman–Crippen LogP) is 1.14. The molecule has 0 aromatic carbocycles. The second kappa shape index (κ2) is 13.7. The van der Waals surface area contributed by atoms with Gasteiger partial charge < -0.3 is 18.9 Å². The number of hydrogen-bond acceptors (Lipinski definition) is 12. The van der Waals surface area contributed by atoms with Gasteiger partial charge in [0, 0.05) is 39.2 Å². The summed E-state index contributed by atoms with van der Waals surface area (Å²) in [6, 6.07) is 0. The molecule has 0 unspecified atom stereocenters. The van der Waals surface area contributed by atoms with Crippen LogP contribution in [-0.4, -0.2) is 59.8 Å². The van der Waals surface area contributed by atoms with Gasteiger partial charge in [-0.15, -0.1) is 0 Å². The lowest BCUT2D eigenvalue weighted by atomic mass is 10.0. The smallest absolute Gasteiger partial charge is 0.303 e. The molecule has 154 valence electrons. The Kier molecular flexibility index (Phi) is 12.5. The van der Waals surface area contributed by atoms with Gasteiger partial charge in [0.05, 0.1) is 0 Å². The molecule has 0 aliphatic heterocycles. The molecule has 0 bridgehead atoms. The number of thiocyanates is 2. The van der Waals surface area contributed by atoms with E-state index in [0.717, 1.165) is 51.2 Å². The van der Waals surface area contributed by atoms with Gasteiger partial charge in [-0.05, 0) is 23.5 Å². The summed E-state index contributed by atoms with van der Waals surface area (Å²) >= 11 is 1.45. The van der Waals surface area contributed by atoms with Crippen molar-refractivity contribution < 1.29 is 38.1 Å². The molecule has 0 saturated carbocycles. The van der Waals surface area contributed by atoms with E-state index in [1.807, 2.05) is 0 Å². The van der Waals surface area contributed by atoms with E-state index in [1.54, 1.807) is 10.8 Å². The molecular weight excluding hydrogens is 412 g/mol. The number of carbonyl (C=O) groups is 4. The molecule has 0 radical (unpaired) electrons. The lowest BCUT2D eigenvalue weighted by Crippen LogP contribution is -2.53. The van der Waals surface area contributed by atoms with Crippen LogP contribution in [0.5, 0.6) is 0 Å². The molecule has 0 aromatic rings. The summed E-state index contributed by atoms with van der Waals surface area (Å²) in [6.45, 7) is 4.41. The Morgan fingerprint density at radius 2 is 0.964 bits per heavy atom. The maximum Gasteiger partial charge on any atom is 0.303 e. The lowest BCUT2D eigenvalue weighted by Gasteiger charge is -2.34. The maximum absolute atomic E-state index is 11.6. The monoisotopic (exact) mass is 432 g/mol. The second-order valence-electron chi connectivity index (χ2n) is 5.25. The van der Waals surface area contributed by atoms with Gasteiger partial charge in [0.2, 0.25) is 0 Å². The minimum absolute atomic E-state index is 0.107. The van der Waals surface area contributed by atoms with E-state index in [4.69, 9.17) is 29.5 Å². The molecule has 0 N–H and O–H groups in total. The number of rotatable bonds is 11. The van der Waals surface area contributed by atoms with Crippen molar-refractivity contribution in [3.63, 3.8) is 0 Å². The zero-order valence-corrected chi connectivity index (χ0v) is 17.3. The molecule has 0 aromatic heterocycles. The van der Waals surface area contributed by atoms with Gasteiger partial charge in [-0.2, -0.15) is 10.5 Å². The second-order valence-corrected chi connectivity index (χ2v) is 6.86. The van der Waals surface area contributed by atoms with Gasteiger partial charge in [-0.1, -0.05) is 0 Å². The zero-order chi connectivity index (χ0) is 21.7. The van der Waals surface area contributed by atoms with Gasteiger partial charge in [0.1, 0.15) is 10.8 Å². The molecule has 4 atom stereocenters. The van der Waals surface area contributed by atoms with Crippen molar-refractivity contribution in [2.24, 2.45) is 0 Å². The summed E-state index contributed by atoms with van der Waals surface area (Å²) in [6.07, 6.45) is -5.12. The van der Waals surface area contributed by atoms with Crippen LogP contribution in [0.3, 0.4) is 0 Å². The SMILES string of the molecule is CC(=O)O[C@@H]([C@H](OC(C)=O)[C@@H](CSC#N)OC(C)=O)[C@@H](CSC#N)OC(C)=O. The lowest BCUT2D eigenvalue weighted by molar-refractivity contribution is -0.194. The number of carbonyl (C=O) groups excluding carboxylic acids is 4. The third-order valence-corrected chi connectivity index (χ3v) is 4.17. The van der Waals surface area contributed by atoms with E-state index >= 15 is 0 Å². The molecule has 10 nitrogen and oxygen atoms in total. The molecule has 0 spiro atoms. The van der Waals surface area contributed by atoms with Crippen LogP contribution in [0.4, 0.5) is 0 Å². The Morgan fingerprint density at radius 1 is 0.679 bits per heavy atom. The Hall–Kier alpha value is -2.44. The fraction of sp³-hybridized carbons (Fsp3) is 0.625. The molecule has 0 saturated heterocycles. The summed E-state index contributed by atoms with van der Waals surface area (Å²) in [7, 11) is 0. The highest BCUT2D eigenvalue weighted by atomic mass is 32.2. The van der Waals surface area contributed by atoms with E-state index in [0.29, 0.717) is 0 Å². The molecule has 28 heavy (non-hydrogen) atoms. The Balaban J connectivity index is 6.09. The van der Waals surface area contributed by atoms with E-state index in [1.165, 1.54) is 0 Å². The summed E-state index contributed by atoms with van der Waals surface area (Å²) in [4.78, 5) is 46.2. The van der Waals surface area contributed by atoms with E-state index in [-0.39, 0.29) is 11.5 Å². The van der Waals surface area contributed by atoms with Crippen LogP contribution in [-0.2, 0) is 38.1 Å². The largest absolute Gasteiger partial charge is 0.458 e. The number of nitriles is 2. The molecule has 0 aliphatic rings. The maximum atomic E-state index is 11.6. The number of thioether (sulfide) groups is 2. The number of esters is 4. The third kappa shape index (κ3) is 10.6. The average molecular weight is 432 g/mol. The highest BCUT2D eigenvalue weighted by molar-refractivity contribution is 8.03.